The van der Waals surface area contributed by atoms with Crippen LogP contribution < -0.4 is 5.32 Å². The van der Waals surface area contributed by atoms with Crippen molar-refractivity contribution in [3.63, 3.8) is 0 Å². The Kier molecular flexibility index (Phi) is 4.99. The molecule has 0 aromatic rings. The highest BCUT2D eigenvalue weighted by Gasteiger charge is 2.41. The normalized spacial score (nSPS) is 28.5. The van der Waals surface area contributed by atoms with E-state index in [1.54, 1.807) is 0 Å². The third kappa shape index (κ3) is 3.70. The van der Waals surface area contributed by atoms with Gasteiger partial charge in [-0.1, -0.05) is 27.2 Å². The number of hydrogen-bond acceptors (Lipinski definition) is 3. The Morgan fingerprint density at radius 2 is 1.94 bits per heavy atom. The Hall–Kier alpha value is -0.570. The molecule has 1 atom stereocenters. The second kappa shape index (κ2) is 5.85. The predicted octanol–water partition coefficient (Wildman–Crippen LogP) is 2.89. The molecule has 0 spiro atoms. The number of carbonyl (C=O) groups is 1. The van der Waals surface area contributed by atoms with E-state index in [1.165, 1.54) is 13.5 Å². The summed E-state index contributed by atoms with van der Waals surface area (Å²) < 4.78 is 5.01. The molecule has 1 rings (SSSR count). The van der Waals surface area contributed by atoms with Crippen LogP contribution in [0.5, 0.6) is 0 Å². The number of methoxy groups -OCH3 is 1. The van der Waals surface area contributed by atoms with Crippen LogP contribution in [0.25, 0.3) is 0 Å². The predicted molar refractivity (Wildman–Crippen MR) is 69.9 cm³/mol. The van der Waals surface area contributed by atoms with E-state index < -0.39 is 5.54 Å². The minimum Gasteiger partial charge on any atom is -0.468 e. The molecular weight excluding hydrogens is 214 g/mol. The van der Waals surface area contributed by atoms with Crippen molar-refractivity contribution in [3.8, 4) is 0 Å². The van der Waals surface area contributed by atoms with Gasteiger partial charge in [0.05, 0.1) is 7.11 Å². The van der Waals surface area contributed by atoms with Gasteiger partial charge in [0.25, 0.3) is 0 Å². The van der Waals surface area contributed by atoms with Crippen LogP contribution >= 0.6 is 0 Å². The van der Waals surface area contributed by atoms with Gasteiger partial charge in [-0.05, 0) is 44.1 Å². The molecule has 17 heavy (non-hydrogen) atoms. The number of carbonyl (C=O) groups excluding carboxylic acids is 1. The lowest BCUT2D eigenvalue weighted by Gasteiger charge is -2.31. The third-order valence-electron chi connectivity index (χ3n) is 3.98. The van der Waals surface area contributed by atoms with Crippen LogP contribution in [0.2, 0.25) is 0 Å². The quantitative estimate of drug-likeness (QED) is 0.607. The van der Waals surface area contributed by atoms with Gasteiger partial charge in [0.1, 0.15) is 5.54 Å². The van der Waals surface area contributed by atoms with Gasteiger partial charge in [-0.15, -0.1) is 0 Å². The lowest BCUT2D eigenvalue weighted by atomic mass is 9.83. The summed E-state index contributed by atoms with van der Waals surface area (Å²) in [6.45, 7) is 7.59. The van der Waals surface area contributed by atoms with Gasteiger partial charge in [-0.2, -0.15) is 0 Å². The van der Waals surface area contributed by atoms with Crippen molar-refractivity contribution < 1.29 is 9.53 Å². The van der Waals surface area contributed by atoms with Crippen LogP contribution in [0.1, 0.15) is 59.3 Å². The molecule has 3 nitrogen and oxygen atoms in total. The largest absolute Gasteiger partial charge is 0.468 e. The summed E-state index contributed by atoms with van der Waals surface area (Å²) >= 11 is 0. The Bertz CT molecular complexity index is 263. The fourth-order valence-corrected chi connectivity index (χ4v) is 2.68. The van der Waals surface area contributed by atoms with E-state index in [0.717, 1.165) is 38.6 Å². The highest BCUT2D eigenvalue weighted by molar-refractivity contribution is 5.80. The zero-order valence-electron chi connectivity index (χ0n) is 11.8. The number of rotatable bonds is 4. The lowest BCUT2D eigenvalue weighted by molar-refractivity contribution is -0.149. The molecule has 1 N–H and O–H groups in total. The summed E-state index contributed by atoms with van der Waals surface area (Å²) in [4.78, 5) is 12.1. The fourth-order valence-electron chi connectivity index (χ4n) is 2.68. The maximum Gasteiger partial charge on any atom is 0.326 e. The van der Waals surface area contributed by atoms with Gasteiger partial charge in [0.2, 0.25) is 0 Å². The molecule has 1 aliphatic carbocycles. The van der Waals surface area contributed by atoms with Crippen LogP contribution in [0, 0.1) is 5.41 Å². The molecule has 0 saturated heterocycles. The number of esters is 1. The Labute approximate surface area is 105 Å². The molecule has 0 amide bonds. The molecule has 0 aromatic heterocycles. The van der Waals surface area contributed by atoms with Gasteiger partial charge in [0.15, 0.2) is 0 Å². The number of ether oxygens (including phenoxy) is 1. The standard InChI is InChI=1S/C14H27NO2/c1-5-11-15-14(12(16)17-4)8-6-7-13(2,3)9-10-14/h15H,5-11H2,1-4H3. The minimum atomic E-state index is -0.432. The first-order valence-corrected chi connectivity index (χ1v) is 6.79. The van der Waals surface area contributed by atoms with Gasteiger partial charge in [0, 0.05) is 0 Å². The molecule has 0 radical (unpaired) electrons. The molecule has 3 heteroatoms. The van der Waals surface area contributed by atoms with Crippen molar-refractivity contribution >= 4 is 5.97 Å². The lowest BCUT2D eigenvalue weighted by Crippen LogP contribution is -2.52. The van der Waals surface area contributed by atoms with Crippen LogP contribution in [-0.2, 0) is 9.53 Å². The van der Waals surface area contributed by atoms with Crippen molar-refractivity contribution in [2.45, 2.75) is 64.8 Å². The van der Waals surface area contributed by atoms with E-state index in [-0.39, 0.29) is 5.97 Å². The van der Waals surface area contributed by atoms with Crippen molar-refractivity contribution in [1.29, 1.82) is 0 Å². The topological polar surface area (TPSA) is 38.3 Å². The summed E-state index contributed by atoms with van der Waals surface area (Å²) in [5, 5.41) is 3.44. The molecule has 100 valence electrons. The summed E-state index contributed by atoms with van der Waals surface area (Å²) in [5.74, 6) is -0.0800. The first-order valence-electron chi connectivity index (χ1n) is 6.79. The number of hydrogen-bond donors (Lipinski definition) is 1. The van der Waals surface area contributed by atoms with Crippen molar-refractivity contribution in [1.82, 2.24) is 5.32 Å². The summed E-state index contributed by atoms with van der Waals surface area (Å²) in [5.41, 5.74) is -0.0812. The number of nitrogens with one attached hydrogen (secondary N) is 1. The van der Waals surface area contributed by atoms with Gasteiger partial charge < -0.3 is 10.1 Å². The van der Waals surface area contributed by atoms with Crippen molar-refractivity contribution in [3.05, 3.63) is 0 Å². The monoisotopic (exact) mass is 241 g/mol. The summed E-state index contributed by atoms with van der Waals surface area (Å²) in [6.07, 6.45) is 6.22. The molecule has 1 saturated carbocycles. The molecule has 1 fully saturated rings. The third-order valence-corrected chi connectivity index (χ3v) is 3.98. The van der Waals surface area contributed by atoms with E-state index in [1.807, 2.05) is 0 Å². The van der Waals surface area contributed by atoms with E-state index in [4.69, 9.17) is 4.74 Å². The SMILES string of the molecule is CCCNC1(C(=O)OC)CCCC(C)(C)CC1. The molecular formula is C14H27NO2. The fraction of sp³-hybridized carbons (Fsp3) is 0.929. The minimum absolute atomic E-state index is 0.0800. The maximum absolute atomic E-state index is 12.1. The van der Waals surface area contributed by atoms with Crippen LogP contribution in [-0.4, -0.2) is 25.2 Å². The Morgan fingerprint density at radius 3 is 2.53 bits per heavy atom. The molecule has 0 aliphatic heterocycles. The van der Waals surface area contributed by atoms with Gasteiger partial charge in [-0.25, -0.2) is 0 Å². The average Bonchev–Trinajstić information content (AvgIpc) is 2.45. The first kappa shape index (κ1) is 14.5. The highest BCUT2D eigenvalue weighted by Crippen LogP contribution is 2.38. The van der Waals surface area contributed by atoms with E-state index in [9.17, 15) is 4.79 Å². The molecule has 1 aliphatic rings. The van der Waals surface area contributed by atoms with Crippen molar-refractivity contribution in [2.24, 2.45) is 5.41 Å². The second-order valence-electron chi connectivity index (χ2n) is 6.02. The van der Waals surface area contributed by atoms with E-state index in [2.05, 4.69) is 26.1 Å². The summed E-state index contributed by atoms with van der Waals surface area (Å²) in [6, 6.07) is 0. The Morgan fingerprint density at radius 1 is 1.24 bits per heavy atom. The first-order chi connectivity index (χ1) is 7.96. The van der Waals surface area contributed by atoms with E-state index >= 15 is 0 Å². The molecule has 0 heterocycles. The Balaban J connectivity index is 2.79. The van der Waals surface area contributed by atoms with E-state index in [0.29, 0.717) is 5.41 Å². The second-order valence-corrected chi connectivity index (χ2v) is 6.02. The van der Waals surface area contributed by atoms with Gasteiger partial charge in [-0.3, -0.25) is 4.79 Å². The molecule has 1 unspecified atom stereocenters. The zero-order valence-corrected chi connectivity index (χ0v) is 11.8. The van der Waals surface area contributed by atoms with Gasteiger partial charge >= 0.3 is 5.97 Å². The van der Waals surface area contributed by atoms with Crippen LogP contribution in [0.15, 0.2) is 0 Å². The molecule has 0 bridgehead atoms. The van der Waals surface area contributed by atoms with Crippen LogP contribution in [0.3, 0.4) is 0 Å². The maximum atomic E-state index is 12.1. The summed E-state index contributed by atoms with van der Waals surface area (Å²) in [7, 11) is 1.49. The van der Waals surface area contributed by atoms with Crippen molar-refractivity contribution in [2.75, 3.05) is 13.7 Å². The zero-order chi connectivity index (χ0) is 12.9. The van der Waals surface area contributed by atoms with Crippen LogP contribution in [0.4, 0.5) is 0 Å². The smallest absolute Gasteiger partial charge is 0.326 e. The average molecular weight is 241 g/mol. The highest BCUT2D eigenvalue weighted by atomic mass is 16.5. The molecule has 0 aromatic carbocycles.